The monoisotopic (exact) mass is 323 g/mol. The molecule has 0 saturated heterocycles. The highest BCUT2D eigenvalue weighted by Crippen LogP contribution is 2.20. The number of fused-ring (bicyclic) bond motifs is 1. The van der Waals surface area contributed by atoms with E-state index in [-0.39, 0.29) is 17.8 Å². The van der Waals surface area contributed by atoms with E-state index in [0.29, 0.717) is 5.78 Å². The molecule has 1 unspecified atom stereocenters. The van der Waals surface area contributed by atoms with Crippen LogP contribution in [0.4, 0.5) is 0 Å². The molecule has 0 saturated carbocycles. The molecule has 6 nitrogen and oxygen atoms in total. The number of nitrogens with zero attached hydrogens (tertiary/aromatic N) is 5. The van der Waals surface area contributed by atoms with Crippen LogP contribution >= 0.6 is 0 Å². The predicted molar refractivity (Wildman–Crippen MR) is 91.9 cm³/mol. The third-order valence-corrected chi connectivity index (χ3v) is 4.27. The summed E-state index contributed by atoms with van der Waals surface area (Å²) in [6.07, 6.45) is 0. The van der Waals surface area contributed by atoms with Crippen LogP contribution in [0.15, 0.2) is 30.3 Å². The molecule has 6 heteroatoms. The Morgan fingerprint density at radius 3 is 2.46 bits per heavy atom. The Kier molecular flexibility index (Phi) is 4.05. The summed E-state index contributed by atoms with van der Waals surface area (Å²) in [5.41, 5.74) is 4.02. The van der Waals surface area contributed by atoms with Crippen molar-refractivity contribution in [1.29, 1.82) is 0 Å². The zero-order chi connectivity index (χ0) is 17.4. The lowest BCUT2D eigenvalue weighted by atomic mass is 10.1. The van der Waals surface area contributed by atoms with Crippen molar-refractivity contribution in [2.24, 2.45) is 0 Å². The fourth-order valence-electron chi connectivity index (χ4n) is 2.66. The number of aromatic nitrogens is 4. The lowest BCUT2D eigenvalue weighted by Gasteiger charge is -2.24. The second-order valence-corrected chi connectivity index (χ2v) is 6.19. The van der Waals surface area contributed by atoms with Crippen molar-refractivity contribution in [3.05, 3.63) is 58.7 Å². The largest absolute Gasteiger partial charge is 0.332 e. The van der Waals surface area contributed by atoms with Crippen LogP contribution in [-0.2, 0) is 0 Å². The van der Waals surface area contributed by atoms with E-state index in [1.165, 1.54) is 5.56 Å². The Morgan fingerprint density at radius 1 is 1.12 bits per heavy atom. The quantitative estimate of drug-likeness (QED) is 0.743. The molecule has 1 aromatic carbocycles. The molecular formula is C18H21N5O. The first-order valence-corrected chi connectivity index (χ1v) is 7.91. The molecule has 0 aliphatic rings. The highest BCUT2D eigenvalue weighted by Gasteiger charge is 2.23. The second kappa shape index (κ2) is 6.03. The average Bonchev–Trinajstić information content (AvgIpc) is 2.97. The van der Waals surface area contributed by atoms with Crippen molar-refractivity contribution in [3.63, 3.8) is 0 Å². The van der Waals surface area contributed by atoms with Gasteiger partial charge in [-0.2, -0.15) is 4.98 Å². The maximum atomic E-state index is 12.8. The smallest absolute Gasteiger partial charge is 0.293 e. The van der Waals surface area contributed by atoms with Crippen molar-refractivity contribution >= 4 is 11.7 Å². The molecule has 0 fully saturated rings. The molecule has 0 aliphatic heterocycles. The van der Waals surface area contributed by atoms with Crippen molar-refractivity contribution in [2.75, 3.05) is 7.05 Å². The molecule has 0 bridgehead atoms. The molecule has 3 rings (SSSR count). The normalized spacial score (nSPS) is 12.4. The Morgan fingerprint density at radius 2 is 1.79 bits per heavy atom. The minimum absolute atomic E-state index is 0.0690. The van der Waals surface area contributed by atoms with Crippen molar-refractivity contribution in [2.45, 2.75) is 33.7 Å². The van der Waals surface area contributed by atoms with Gasteiger partial charge in [0.1, 0.15) is 0 Å². The van der Waals surface area contributed by atoms with Gasteiger partial charge in [0.2, 0.25) is 5.82 Å². The van der Waals surface area contributed by atoms with E-state index in [1.807, 2.05) is 58.0 Å². The maximum Gasteiger partial charge on any atom is 0.293 e. The van der Waals surface area contributed by atoms with Crippen molar-refractivity contribution in [3.8, 4) is 0 Å². The summed E-state index contributed by atoms with van der Waals surface area (Å²) in [5.74, 6) is 0.399. The fraction of sp³-hybridized carbons (Fsp3) is 0.333. The van der Waals surface area contributed by atoms with Crippen LogP contribution < -0.4 is 0 Å². The van der Waals surface area contributed by atoms with Crippen LogP contribution in [-0.4, -0.2) is 37.4 Å². The predicted octanol–water partition coefficient (Wildman–Crippen LogP) is 2.88. The van der Waals surface area contributed by atoms with Crippen LogP contribution in [0.3, 0.4) is 0 Å². The Bertz CT molecular complexity index is 898. The van der Waals surface area contributed by atoms with E-state index in [2.05, 4.69) is 15.1 Å². The van der Waals surface area contributed by atoms with Gasteiger partial charge >= 0.3 is 0 Å². The molecule has 2 aromatic heterocycles. The van der Waals surface area contributed by atoms with Crippen LogP contribution in [0.2, 0.25) is 0 Å². The van der Waals surface area contributed by atoms with Crippen molar-refractivity contribution in [1.82, 2.24) is 24.5 Å². The topological polar surface area (TPSA) is 63.4 Å². The van der Waals surface area contributed by atoms with Crippen LogP contribution in [0.1, 0.15) is 46.1 Å². The first-order valence-electron chi connectivity index (χ1n) is 7.91. The van der Waals surface area contributed by atoms with Gasteiger partial charge in [-0.05, 0) is 39.3 Å². The molecule has 124 valence electrons. The lowest BCUT2D eigenvalue weighted by molar-refractivity contribution is 0.0730. The Labute approximate surface area is 141 Å². The first-order chi connectivity index (χ1) is 11.4. The van der Waals surface area contributed by atoms with E-state index < -0.39 is 0 Å². The minimum atomic E-state index is -0.217. The highest BCUT2D eigenvalue weighted by molar-refractivity contribution is 5.91. The summed E-state index contributed by atoms with van der Waals surface area (Å²) >= 11 is 0. The van der Waals surface area contributed by atoms with E-state index in [1.54, 1.807) is 16.5 Å². The summed E-state index contributed by atoms with van der Waals surface area (Å²) < 4.78 is 1.60. The number of hydrogen-bond acceptors (Lipinski definition) is 4. The summed E-state index contributed by atoms with van der Waals surface area (Å²) in [5, 5.41) is 4.32. The number of carbonyl (C=O) groups excluding carboxylic acids is 1. The van der Waals surface area contributed by atoms with E-state index >= 15 is 0 Å². The number of hydrogen-bond donors (Lipinski definition) is 0. The third-order valence-electron chi connectivity index (χ3n) is 4.27. The first kappa shape index (κ1) is 16.1. The molecule has 0 aliphatic carbocycles. The van der Waals surface area contributed by atoms with Gasteiger partial charge in [0.15, 0.2) is 0 Å². The number of amides is 1. The summed E-state index contributed by atoms with van der Waals surface area (Å²) in [7, 11) is 1.77. The number of aryl methyl sites for hydroxylation is 3. The van der Waals surface area contributed by atoms with Gasteiger partial charge in [-0.1, -0.05) is 29.8 Å². The number of rotatable bonds is 3. The summed E-state index contributed by atoms with van der Waals surface area (Å²) in [4.78, 5) is 23.0. The Hall–Kier alpha value is -2.76. The Balaban J connectivity index is 1.90. The van der Waals surface area contributed by atoms with Crippen molar-refractivity contribution < 1.29 is 4.79 Å². The van der Waals surface area contributed by atoms with Gasteiger partial charge in [-0.25, -0.2) is 9.50 Å². The molecule has 1 atom stereocenters. The number of benzene rings is 1. The zero-order valence-electron chi connectivity index (χ0n) is 14.6. The van der Waals surface area contributed by atoms with E-state index in [9.17, 15) is 4.79 Å². The second-order valence-electron chi connectivity index (χ2n) is 6.19. The van der Waals surface area contributed by atoms with Gasteiger partial charge in [-0.3, -0.25) is 4.79 Å². The van der Waals surface area contributed by atoms with Gasteiger partial charge in [0, 0.05) is 18.4 Å². The van der Waals surface area contributed by atoms with Gasteiger partial charge < -0.3 is 4.90 Å². The summed E-state index contributed by atoms with van der Waals surface area (Å²) in [6.45, 7) is 7.85. The SMILES string of the molecule is Cc1ccc(C(C)N(C)C(=O)c2nc3nc(C)cc(C)n3n2)cc1. The fourth-order valence-corrected chi connectivity index (χ4v) is 2.66. The standard InChI is InChI=1S/C18H21N5O/c1-11-6-8-15(9-7-11)14(4)22(5)17(24)16-20-18-19-12(2)10-13(3)23(18)21-16/h6-10,14H,1-5H3. The molecule has 24 heavy (non-hydrogen) atoms. The van der Waals surface area contributed by atoms with Crippen LogP contribution in [0.5, 0.6) is 0 Å². The van der Waals surface area contributed by atoms with Crippen LogP contribution in [0, 0.1) is 20.8 Å². The molecule has 0 N–H and O–H groups in total. The number of carbonyl (C=O) groups is 1. The molecule has 1 amide bonds. The lowest BCUT2D eigenvalue weighted by Crippen LogP contribution is -2.30. The summed E-state index contributed by atoms with van der Waals surface area (Å²) in [6, 6.07) is 10.0. The molecule has 0 spiro atoms. The van der Waals surface area contributed by atoms with Gasteiger partial charge in [0.05, 0.1) is 6.04 Å². The van der Waals surface area contributed by atoms with Crippen LogP contribution in [0.25, 0.3) is 5.78 Å². The van der Waals surface area contributed by atoms with E-state index in [4.69, 9.17) is 0 Å². The van der Waals surface area contributed by atoms with E-state index in [0.717, 1.165) is 17.0 Å². The maximum absolute atomic E-state index is 12.8. The zero-order valence-corrected chi connectivity index (χ0v) is 14.6. The minimum Gasteiger partial charge on any atom is -0.332 e. The third kappa shape index (κ3) is 2.87. The molecule has 3 aromatic rings. The average molecular weight is 323 g/mol. The highest BCUT2D eigenvalue weighted by atomic mass is 16.2. The molecule has 2 heterocycles. The van der Waals surface area contributed by atoms with Gasteiger partial charge in [-0.15, -0.1) is 5.10 Å². The molecule has 0 radical (unpaired) electrons. The van der Waals surface area contributed by atoms with Gasteiger partial charge in [0.25, 0.3) is 11.7 Å². The molecular weight excluding hydrogens is 302 g/mol.